The zero-order chi connectivity index (χ0) is 7.56. The normalized spacial score (nSPS) is 8.91. The van der Waals surface area contributed by atoms with Crippen LogP contribution in [0.3, 0.4) is 0 Å². The van der Waals surface area contributed by atoms with Gasteiger partial charge in [0.15, 0.2) is 0 Å². The van der Waals surface area contributed by atoms with E-state index in [4.69, 9.17) is 28.9 Å². The highest BCUT2D eigenvalue weighted by Gasteiger charge is 1.98. The van der Waals surface area contributed by atoms with Crippen molar-refractivity contribution in [2.75, 3.05) is 5.73 Å². The average molecular weight is 213 g/mol. The molecule has 0 atom stereocenters. The fourth-order valence-corrected chi connectivity index (χ4v) is 0.985. The molecule has 0 unspecified atom stereocenters. The smallest absolute Gasteiger partial charge is 0.0781 e. The quantitative estimate of drug-likeness (QED) is 0.728. The summed E-state index contributed by atoms with van der Waals surface area (Å²) in [5, 5.41) is 0.534. The zero-order valence-electron chi connectivity index (χ0n) is 5.55. The number of hydrogen-bond acceptors (Lipinski definition) is 2. The van der Waals surface area contributed by atoms with Gasteiger partial charge in [0.25, 0.3) is 0 Å². The number of hydrogen-bond donors (Lipinski definition) is 1. The van der Waals surface area contributed by atoms with E-state index in [1.807, 2.05) is 0 Å². The summed E-state index contributed by atoms with van der Waals surface area (Å²) in [6.45, 7) is 0. The van der Waals surface area contributed by atoms with Crippen molar-refractivity contribution in [1.29, 1.82) is 0 Å². The van der Waals surface area contributed by atoms with E-state index < -0.39 is 0 Å². The van der Waals surface area contributed by atoms with Gasteiger partial charge in [-0.05, 0) is 6.07 Å². The largest absolute Gasteiger partial charge is 0.397 e. The minimum absolute atomic E-state index is 0. The molecule has 0 saturated carbocycles. The first-order valence-corrected chi connectivity index (χ1v) is 3.61. The van der Waals surface area contributed by atoms with Gasteiger partial charge in [0.05, 0.1) is 22.3 Å². The van der Waals surface area contributed by atoms with Gasteiger partial charge in [-0.1, -0.05) is 11.6 Å². The molecule has 5 heteroatoms. The number of anilines is 1. The summed E-state index contributed by atoms with van der Waals surface area (Å²) >= 11 is 11.1. The molecule has 11 heavy (non-hydrogen) atoms. The molecule has 0 radical (unpaired) electrons. The van der Waals surface area contributed by atoms with Crippen molar-refractivity contribution in [3.8, 4) is 0 Å². The maximum Gasteiger partial charge on any atom is 0.0781 e. The Morgan fingerprint density at radius 2 is 2.18 bits per heavy atom. The summed E-state index contributed by atoms with van der Waals surface area (Å²) in [6.07, 6.45) is 1.52. The summed E-state index contributed by atoms with van der Waals surface area (Å²) in [7, 11) is 0. The average Bonchev–Trinajstić information content (AvgIpc) is 1.88. The molecule has 0 aromatic carbocycles. The Bertz CT molecular complexity index is 239. The highest BCUT2D eigenvalue weighted by atomic mass is 35.5. The van der Waals surface area contributed by atoms with Gasteiger partial charge >= 0.3 is 0 Å². The lowest BCUT2D eigenvalue weighted by Gasteiger charge is -1.98. The highest BCUT2D eigenvalue weighted by Crippen LogP contribution is 2.15. The third kappa shape index (κ3) is 2.73. The predicted octanol–water partition coefficient (Wildman–Crippen LogP) is 2.48. The monoisotopic (exact) mass is 212 g/mol. The molecular weight excluding hydrogens is 206 g/mol. The lowest BCUT2D eigenvalue weighted by molar-refractivity contribution is 1.18. The Kier molecular flexibility index (Phi) is 4.57. The van der Waals surface area contributed by atoms with E-state index in [2.05, 4.69) is 4.98 Å². The Morgan fingerprint density at radius 1 is 1.55 bits per heavy atom. The molecule has 0 fully saturated rings. The summed E-state index contributed by atoms with van der Waals surface area (Å²) in [5.74, 6) is 0.322. The molecule has 0 aliphatic carbocycles. The van der Waals surface area contributed by atoms with Crippen molar-refractivity contribution in [3.05, 3.63) is 23.0 Å². The minimum Gasteiger partial charge on any atom is -0.397 e. The van der Waals surface area contributed by atoms with Crippen LogP contribution < -0.4 is 5.73 Å². The van der Waals surface area contributed by atoms with Crippen LogP contribution in [0, 0.1) is 0 Å². The first-order chi connectivity index (χ1) is 4.74. The van der Waals surface area contributed by atoms with E-state index in [1.54, 1.807) is 6.07 Å². The minimum atomic E-state index is 0. The number of nitrogens with two attached hydrogens (primary N) is 1. The van der Waals surface area contributed by atoms with Gasteiger partial charge < -0.3 is 5.73 Å². The van der Waals surface area contributed by atoms with E-state index in [0.717, 1.165) is 0 Å². The molecular formula is C6H7Cl3N2. The van der Waals surface area contributed by atoms with E-state index >= 15 is 0 Å². The molecule has 1 rings (SSSR count). The second-order valence-electron chi connectivity index (χ2n) is 1.82. The van der Waals surface area contributed by atoms with E-state index in [9.17, 15) is 0 Å². The second kappa shape index (κ2) is 4.65. The molecule has 0 amide bonds. The van der Waals surface area contributed by atoms with Gasteiger partial charge in [-0.25, -0.2) is 0 Å². The van der Waals surface area contributed by atoms with Crippen LogP contribution in [0.15, 0.2) is 12.3 Å². The highest BCUT2D eigenvalue weighted by molar-refractivity contribution is 6.30. The Morgan fingerprint density at radius 3 is 2.64 bits per heavy atom. The molecule has 0 aliphatic rings. The molecule has 0 spiro atoms. The molecule has 0 saturated heterocycles. The van der Waals surface area contributed by atoms with Gasteiger partial charge in [-0.2, -0.15) is 0 Å². The van der Waals surface area contributed by atoms with Crippen LogP contribution >= 0.6 is 35.6 Å². The van der Waals surface area contributed by atoms with Crippen molar-refractivity contribution in [3.63, 3.8) is 0 Å². The van der Waals surface area contributed by atoms with Crippen LogP contribution in [0.2, 0.25) is 5.02 Å². The summed E-state index contributed by atoms with van der Waals surface area (Å²) in [6, 6.07) is 1.63. The number of halogens is 3. The molecule has 1 aromatic rings. The van der Waals surface area contributed by atoms with Crippen molar-refractivity contribution < 1.29 is 0 Å². The van der Waals surface area contributed by atoms with Gasteiger partial charge in [-0.3, -0.25) is 4.98 Å². The van der Waals surface area contributed by atoms with Crippen LogP contribution in [0.5, 0.6) is 0 Å². The van der Waals surface area contributed by atoms with Crippen molar-refractivity contribution in [2.45, 2.75) is 5.88 Å². The molecule has 2 N–H and O–H groups in total. The molecule has 0 aliphatic heterocycles. The molecule has 1 aromatic heterocycles. The molecule has 62 valence electrons. The Hall–Kier alpha value is -0.180. The van der Waals surface area contributed by atoms with Crippen molar-refractivity contribution in [2.24, 2.45) is 0 Å². The SMILES string of the molecule is Cl.Nc1cc(Cl)cnc1CCl. The Balaban J connectivity index is 0.000001000. The Labute approximate surface area is 81.1 Å². The van der Waals surface area contributed by atoms with Gasteiger partial charge in [0, 0.05) is 6.20 Å². The number of aromatic nitrogens is 1. The van der Waals surface area contributed by atoms with E-state index in [1.165, 1.54) is 6.20 Å². The third-order valence-corrected chi connectivity index (χ3v) is 1.56. The summed E-state index contributed by atoms with van der Waals surface area (Å²) in [4.78, 5) is 3.91. The fraction of sp³-hybridized carbons (Fsp3) is 0.167. The lowest BCUT2D eigenvalue weighted by Crippen LogP contribution is -1.94. The summed E-state index contributed by atoms with van der Waals surface area (Å²) < 4.78 is 0. The van der Waals surface area contributed by atoms with Crippen LogP contribution in [0.1, 0.15) is 5.69 Å². The number of pyridine rings is 1. The van der Waals surface area contributed by atoms with E-state index in [-0.39, 0.29) is 12.4 Å². The van der Waals surface area contributed by atoms with E-state index in [0.29, 0.717) is 22.3 Å². The third-order valence-electron chi connectivity index (χ3n) is 1.10. The topological polar surface area (TPSA) is 38.9 Å². The van der Waals surface area contributed by atoms with Crippen LogP contribution in [0.4, 0.5) is 5.69 Å². The standard InChI is InChI=1S/C6H6Cl2N2.ClH/c7-2-6-5(9)1-4(8)3-10-6;/h1,3H,2,9H2;1H. The number of nitrogens with zero attached hydrogens (tertiary/aromatic N) is 1. The van der Waals surface area contributed by atoms with Crippen LogP contribution in [-0.2, 0) is 5.88 Å². The fourth-order valence-electron chi connectivity index (χ4n) is 0.595. The van der Waals surface area contributed by atoms with Gasteiger partial charge in [0.1, 0.15) is 0 Å². The van der Waals surface area contributed by atoms with Crippen molar-refractivity contribution in [1.82, 2.24) is 4.98 Å². The molecule has 1 heterocycles. The summed E-state index contributed by atoms with van der Waals surface area (Å²) in [5.41, 5.74) is 6.72. The van der Waals surface area contributed by atoms with Crippen molar-refractivity contribution >= 4 is 41.3 Å². The lowest BCUT2D eigenvalue weighted by atomic mass is 10.3. The zero-order valence-corrected chi connectivity index (χ0v) is 7.88. The first-order valence-electron chi connectivity index (χ1n) is 2.70. The van der Waals surface area contributed by atoms with Gasteiger partial charge in [-0.15, -0.1) is 24.0 Å². The maximum absolute atomic E-state index is 5.59. The number of rotatable bonds is 1. The van der Waals surface area contributed by atoms with Crippen LogP contribution in [-0.4, -0.2) is 4.98 Å². The van der Waals surface area contributed by atoms with Crippen LogP contribution in [0.25, 0.3) is 0 Å². The number of nitrogen functional groups attached to an aromatic ring is 1. The number of alkyl halides is 1. The maximum atomic E-state index is 5.59. The van der Waals surface area contributed by atoms with Gasteiger partial charge in [0.2, 0.25) is 0 Å². The molecule has 2 nitrogen and oxygen atoms in total. The predicted molar refractivity (Wildman–Crippen MR) is 50.5 cm³/mol. The molecule has 0 bridgehead atoms. The second-order valence-corrected chi connectivity index (χ2v) is 2.53. The first kappa shape index (κ1) is 10.8.